The van der Waals surface area contributed by atoms with Gasteiger partial charge in [0.05, 0.1) is 5.25 Å². The molecule has 1 amide bonds. The fraction of sp³-hybridized carbons (Fsp3) is 0.462. The van der Waals surface area contributed by atoms with Crippen molar-refractivity contribution in [2.75, 3.05) is 27.2 Å². The van der Waals surface area contributed by atoms with Crippen molar-refractivity contribution < 1.29 is 4.79 Å². The van der Waals surface area contributed by atoms with Crippen LogP contribution in [0.15, 0.2) is 30.3 Å². The molecule has 0 saturated heterocycles. The molecule has 0 aliphatic carbocycles. The van der Waals surface area contributed by atoms with E-state index in [1.54, 1.807) is 4.90 Å². The molecule has 1 atom stereocenters. The van der Waals surface area contributed by atoms with E-state index in [0.29, 0.717) is 13.0 Å². The molecule has 0 bridgehead atoms. The maximum atomic E-state index is 12.0. The van der Waals surface area contributed by atoms with E-state index in [4.69, 9.17) is 0 Å². The monoisotopic (exact) mass is 252 g/mol. The molecule has 0 aromatic heterocycles. The number of likely N-dealkylation sites (N-methyl/N-ethyl adjacent to an activating group) is 2. The molecular formula is C13H20N2OS. The lowest BCUT2D eigenvalue weighted by Crippen LogP contribution is -2.38. The SMILES string of the molecule is CNCCN(C)C(=O)C(S)Cc1ccccc1. The molecule has 1 unspecified atom stereocenters. The number of amides is 1. The number of hydrogen-bond donors (Lipinski definition) is 2. The van der Waals surface area contributed by atoms with Crippen LogP contribution < -0.4 is 5.32 Å². The Morgan fingerprint density at radius 1 is 1.41 bits per heavy atom. The summed E-state index contributed by atoms with van der Waals surface area (Å²) >= 11 is 4.39. The fourth-order valence-corrected chi connectivity index (χ4v) is 1.98. The van der Waals surface area contributed by atoms with Crippen molar-refractivity contribution in [1.82, 2.24) is 10.2 Å². The number of carbonyl (C=O) groups excluding carboxylic acids is 1. The first-order chi connectivity index (χ1) is 8.15. The lowest BCUT2D eigenvalue weighted by molar-refractivity contribution is -0.129. The summed E-state index contributed by atoms with van der Waals surface area (Å²) in [6, 6.07) is 9.96. The van der Waals surface area contributed by atoms with Gasteiger partial charge < -0.3 is 10.2 Å². The van der Waals surface area contributed by atoms with Crippen LogP contribution in [0.25, 0.3) is 0 Å². The molecule has 0 heterocycles. The number of nitrogens with zero attached hydrogens (tertiary/aromatic N) is 1. The molecule has 1 rings (SSSR count). The molecule has 0 aliphatic rings. The van der Waals surface area contributed by atoms with E-state index in [2.05, 4.69) is 17.9 Å². The van der Waals surface area contributed by atoms with Gasteiger partial charge >= 0.3 is 0 Å². The predicted octanol–water partition coefficient (Wildman–Crippen LogP) is 1.21. The van der Waals surface area contributed by atoms with Gasteiger partial charge in [0.2, 0.25) is 5.91 Å². The molecule has 3 nitrogen and oxygen atoms in total. The zero-order valence-electron chi connectivity index (χ0n) is 10.4. The summed E-state index contributed by atoms with van der Waals surface area (Å²) in [4.78, 5) is 13.7. The topological polar surface area (TPSA) is 32.3 Å². The summed E-state index contributed by atoms with van der Waals surface area (Å²) in [6.45, 7) is 1.51. The fourth-order valence-electron chi connectivity index (χ4n) is 1.57. The van der Waals surface area contributed by atoms with Crippen LogP contribution >= 0.6 is 12.6 Å². The Bertz CT molecular complexity index is 343. The Balaban J connectivity index is 2.47. The van der Waals surface area contributed by atoms with Gasteiger partial charge in [-0.05, 0) is 19.0 Å². The Morgan fingerprint density at radius 2 is 2.06 bits per heavy atom. The molecule has 17 heavy (non-hydrogen) atoms. The summed E-state index contributed by atoms with van der Waals surface area (Å²) in [7, 11) is 3.69. The van der Waals surface area contributed by atoms with Gasteiger partial charge in [-0.1, -0.05) is 30.3 Å². The number of nitrogens with one attached hydrogen (secondary N) is 1. The van der Waals surface area contributed by atoms with Crippen molar-refractivity contribution in [2.24, 2.45) is 0 Å². The van der Waals surface area contributed by atoms with E-state index in [1.807, 2.05) is 44.4 Å². The van der Waals surface area contributed by atoms with Crippen molar-refractivity contribution in [3.8, 4) is 0 Å². The highest BCUT2D eigenvalue weighted by Gasteiger charge is 2.18. The third-order valence-electron chi connectivity index (χ3n) is 2.63. The summed E-state index contributed by atoms with van der Waals surface area (Å²) in [5, 5.41) is 2.76. The van der Waals surface area contributed by atoms with E-state index in [1.165, 1.54) is 0 Å². The maximum Gasteiger partial charge on any atom is 0.235 e. The van der Waals surface area contributed by atoms with Crippen LogP contribution in [-0.4, -0.2) is 43.2 Å². The van der Waals surface area contributed by atoms with E-state index < -0.39 is 0 Å². The van der Waals surface area contributed by atoms with Gasteiger partial charge in [-0.25, -0.2) is 0 Å². The molecule has 0 saturated carbocycles. The van der Waals surface area contributed by atoms with Crippen LogP contribution in [0.5, 0.6) is 0 Å². The standard InChI is InChI=1S/C13H20N2OS/c1-14-8-9-15(2)13(16)12(17)10-11-6-4-3-5-7-11/h3-7,12,14,17H,8-10H2,1-2H3. The summed E-state index contributed by atoms with van der Waals surface area (Å²) in [6.07, 6.45) is 0.673. The van der Waals surface area contributed by atoms with Gasteiger partial charge in [0.25, 0.3) is 0 Å². The van der Waals surface area contributed by atoms with Gasteiger partial charge in [-0.2, -0.15) is 12.6 Å². The number of thiol groups is 1. The van der Waals surface area contributed by atoms with Crippen LogP contribution in [-0.2, 0) is 11.2 Å². The summed E-state index contributed by atoms with van der Waals surface area (Å²) < 4.78 is 0. The first-order valence-corrected chi connectivity index (χ1v) is 6.28. The lowest BCUT2D eigenvalue weighted by atomic mass is 10.1. The predicted molar refractivity (Wildman–Crippen MR) is 74.5 cm³/mol. The van der Waals surface area contributed by atoms with Crippen LogP contribution in [0.1, 0.15) is 5.56 Å². The third kappa shape index (κ3) is 4.79. The molecule has 94 valence electrons. The van der Waals surface area contributed by atoms with Crippen molar-refractivity contribution >= 4 is 18.5 Å². The maximum absolute atomic E-state index is 12.0. The van der Waals surface area contributed by atoms with Gasteiger partial charge in [0.15, 0.2) is 0 Å². The van der Waals surface area contributed by atoms with Crippen LogP contribution in [0.4, 0.5) is 0 Å². The zero-order chi connectivity index (χ0) is 12.7. The van der Waals surface area contributed by atoms with E-state index >= 15 is 0 Å². The van der Waals surface area contributed by atoms with Crippen molar-refractivity contribution in [1.29, 1.82) is 0 Å². The zero-order valence-corrected chi connectivity index (χ0v) is 11.3. The normalized spacial score (nSPS) is 12.2. The molecule has 0 spiro atoms. The Kier molecular flexibility index (Phi) is 6.08. The Labute approximate surface area is 109 Å². The first-order valence-electron chi connectivity index (χ1n) is 5.76. The minimum Gasteiger partial charge on any atom is -0.344 e. The Morgan fingerprint density at radius 3 is 2.65 bits per heavy atom. The van der Waals surface area contributed by atoms with E-state index in [0.717, 1.165) is 12.1 Å². The van der Waals surface area contributed by atoms with Gasteiger partial charge in [-0.15, -0.1) is 0 Å². The van der Waals surface area contributed by atoms with Crippen molar-refractivity contribution in [3.05, 3.63) is 35.9 Å². The molecule has 4 heteroatoms. The molecule has 0 radical (unpaired) electrons. The number of hydrogen-bond acceptors (Lipinski definition) is 3. The second-order valence-electron chi connectivity index (χ2n) is 4.07. The summed E-state index contributed by atoms with van der Waals surface area (Å²) in [5.74, 6) is 0.0763. The van der Waals surface area contributed by atoms with Crippen molar-refractivity contribution in [2.45, 2.75) is 11.7 Å². The molecule has 1 aromatic rings. The van der Waals surface area contributed by atoms with Crippen LogP contribution in [0, 0.1) is 0 Å². The molecular weight excluding hydrogens is 232 g/mol. The third-order valence-corrected chi connectivity index (χ3v) is 3.03. The van der Waals surface area contributed by atoms with E-state index in [-0.39, 0.29) is 11.2 Å². The second-order valence-corrected chi connectivity index (χ2v) is 4.69. The molecule has 0 fully saturated rings. The quantitative estimate of drug-likeness (QED) is 0.746. The van der Waals surface area contributed by atoms with Gasteiger partial charge in [0.1, 0.15) is 0 Å². The van der Waals surface area contributed by atoms with Crippen LogP contribution in [0.2, 0.25) is 0 Å². The average molecular weight is 252 g/mol. The number of rotatable bonds is 6. The van der Waals surface area contributed by atoms with Crippen LogP contribution in [0.3, 0.4) is 0 Å². The highest BCUT2D eigenvalue weighted by molar-refractivity contribution is 7.81. The highest BCUT2D eigenvalue weighted by atomic mass is 32.1. The second kappa shape index (κ2) is 7.35. The van der Waals surface area contributed by atoms with Crippen molar-refractivity contribution in [3.63, 3.8) is 0 Å². The molecule has 1 aromatic carbocycles. The number of benzene rings is 1. The average Bonchev–Trinajstić information content (AvgIpc) is 2.36. The minimum atomic E-state index is -0.265. The smallest absolute Gasteiger partial charge is 0.235 e. The molecule has 0 aliphatic heterocycles. The number of carbonyl (C=O) groups is 1. The highest BCUT2D eigenvalue weighted by Crippen LogP contribution is 2.09. The summed E-state index contributed by atoms with van der Waals surface area (Å²) in [5.41, 5.74) is 1.14. The largest absolute Gasteiger partial charge is 0.344 e. The minimum absolute atomic E-state index is 0.0763. The lowest BCUT2D eigenvalue weighted by Gasteiger charge is -2.20. The Hall–Kier alpha value is -1.00. The van der Waals surface area contributed by atoms with E-state index in [9.17, 15) is 4.79 Å². The van der Waals surface area contributed by atoms with Gasteiger partial charge in [-0.3, -0.25) is 4.79 Å². The first kappa shape index (κ1) is 14.1. The molecule has 1 N–H and O–H groups in total. The van der Waals surface area contributed by atoms with Gasteiger partial charge in [0, 0.05) is 20.1 Å².